The fourth-order valence-corrected chi connectivity index (χ4v) is 3.00. The summed E-state index contributed by atoms with van der Waals surface area (Å²) < 4.78 is 3.66. The smallest absolute Gasteiger partial charge is 0.137 e. The van der Waals surface area contributed by atoms with Gasteiger partial charge in [-0.15, -0.1) is 0 Å². The molecule has 21 heavy (non-hydrogen) atoms. The Kier molecular flexibility index (Phi) is 4.62. The zero-order valence-corrected chi connectivity index (χ0v) is 12.1. The number of hydrogen-bond donors (Lipinski definition) is 1. The molecule has 2 aromatic heterocycles. The summed E-state index contributed by atoms with van der Waals surface area (Å²) in [4.78, 5) is 6.37. The van der Waals surface area contributed by atoms with Crippen LogP contribution in [0.4, 0.5) is 0 Å². The van der Waals surface area contributed by atoms with E-state index in [1.807, 2.05) is 16.9 Å². The summed E-state index contributed by atoms with van der Waals surface area (Å²) in [7, 11) is 0. The summed E-state index contributed by atoms with van der Waals surface area (Å²) in [5.41, 5.74) is 0. The van der Waals surface area contributed by atoms with Gasteiger partial charge in [-0.05, 0) is 25.5 Å². The van der Waals surface area contributed by atoms with Crippen LogP contribution in [0.3, 0.4) is 0 Å². The predicted molar refractivity (Wildman–Crippen MR) is 77.5 cm³/mol. The van der Waals surface area contributed by atoms with Crippen molar-refractivity contribution >= 4 is 0 Å². The lowest BCUT2D eigenvalue weighted by molar-refractivity contribution is 0.0496. The highest BCUT2D eigenvalue weighted by atomic mass is 16.3. The Labute approximate surface area is 124 Å². The lowest BCUT2D eigenvalue weighted by Gasteiger charge is -2.36. The molecule has 0 saturated carbocycles. The van der Waals surface area contributed by atoms with Crippen LogP contribution in [0.5, 0.6) is 0 Å². The monoisotopic (exact) mass is 290 g/mol. The molecule has 0 bridgehead atoms. The molecular weight excluding hydrogens is 268 g/mol. The molecule has 0 amide bonds. The Morgan fingerprint density at radius 1 is 1.19 bits per heavy atom. The maximum Gasteiger partial charge on any atom is 0.137 e. The first kappa shape index (κ1) is 14.2. The number of β-amino-alcohol motifs (C(OH)–C–C–N with tert-alkyl or cyclic N) is 1. The molecule has 7 heteroatoms. The molecule has 7 nitrogen and oxygen atoms in total. The molecule has 0 unspecified atom stereocenters. The van der Waals surface area contributed by atoms with Gasteiger partial charge in [0.25, 0.3) is 0 Å². The van der Waals surface area contributed by atoms with Gasteiger partial charge in [-0.2, -0.15) is 10.2 Å². The zero-order chi connectivity index (χ0) is 14.5. The molecule has 2 atom stereocenters. The second-order valence-electron chi connectivity index (χ2n) is 5.64. The van der Waals surface area contributed by atoms with E-state index in [9.17, 15) is 5.11 Å². The summed E-state index contributed by atoms with van der Waals surface area (Å²) in [5, 5.41) is 18.6. The van der Waals surface area contributed by atoms with Crippen molar-refractivity contribution in [3.8, 4) is 0 Å². The fraction of sp³-hybridized carbons (Fsp3) is 0.643. The van der Waals surface area contributed by atoms with E-state index >= 15 is 0 Å². The fourth-order valence-electron chi connectivity index (χ4n) is 3.00. The number of aromatic nitrogens is 5. The molecule has 1 N–H and O–H groups in total. The number of piperidine rings is 1. The van der Waals surface area contributed by atoms with Crippen LogP contribution in [0.25, 0.3) is 0 Å². The van der Waals surface area contributed by atoms with E-state index in [1.165, 1.54) is 12.8 Å². The minimum atomic E-state index is -0.402. The lowest BCUT2D eigenvalue weighted by Crippen LogP contribution is -2.46. The van der Waals surface area contributed by atoms with E-state index in [0.717, 1.165) is 19.5 Å². The Morgan fingerprint density at radius 2 is 2.14 bits per heavy atom. The first-order chi connectivity index (χ1) is 10.3. The highest BCUT2D eigenvalue weighted by molar-refractivity contribution is 4.82. The number of likely N-dealkylation sites (tertiary alicyclic amines) is 1. The van der Waals surface area contributed by atoms with E-state index in [0.29, 0.717) is 19.1 Å². The SMILES string of the molecule is O[C@H](CN1CCCC[C@@H]1Cn1cncn1)Cn1cccn1. The van der Waals surface area contributed by atoms with Crippen molar-refractivity contribution in [2.24, 2.45) is 0 Å². The molecule has 1 fully saturated rings. The number of hydrogen-bond acceptors (Lipinski definition) is 5. The highest BCUT2D eigenvalue weighted by Gasteiger charge is 2.25. The van der Waals surface area contributed by atoms with Gasteiger partial charge >= 0.3 is 0 Å². The summed E-state index contributed by atoms with van der Waals surface area (Å²) >= 11 is 0. The first-order valence-corrected chi connectivity index (χ1v) is 7.53. The molecule has 0 aliphatic carbocycles. The molecule has 0 spiro atoms. The maximum atomic E-state index is 10.3. The van der Waals surface area contributed by atoms with Crippen molar-refractivity contribution < 1.29 is 5.11 Å². The number of aliphatic hydroxyl groups excluding tert-OH is 1. The summed E-state index contributed by atoms with van der Waals surface area (Å²) in [6.07, 6.45) is 10.1. The number of nitrogens with zero attached hydrogens (tertiary/aromatic N) is 6. The van der Waals surface area contributed by atoms with Crippen molar-refractivity contribution in [3.05, 3.63) is 31.1 Å². The molecule has 3 heterocycles. The highest BCUT2D eigenvalue weighted by Crippen LogP contribution is 2.18. The molecular formula is C14H22N6O. The molecule has 0 aromatic carbocycles. The van der Waals surface area contributed by atoms with Gasteiger partial charge in [0.2, 0.25) is 0 Å². The van der Waals surface area contributed by atoms with Crippen LogP contribution in [-0.4, -0.2) is 59.8 Å². The normalized spacial score (nSPS) is 21.5. The van der Waals surface area contributed by atoms with Crippen LogP contribution < -0.4 is 0 Å². The van der Waals surface area contributed by atoms with E-state index < -0.39 is 6.10 Å². The number of rotatable bonds is 6. The number of aliphatic hydroxyl groups is 1. The Bertz CT molecular complexity index is 512. The maximum absolute atomic E-state index is 10.3. The van der Waals surface area contributed by atoms with Gasteiger partial charge in [0, 0.05) is 25.0 Å². The van der Waals surface area contributed by atoms with Gasteiger partial charge in [0.1, 0.15) is 12.7 Å². The molecule has 1 aliphatic rings. The van der Waals surface area contributed by atoms with Crippen LogP contribution in [0, 0.1) is 0 Å². The van der Waals surface area contributed by atoms with Gasteiger partial charge in [-0.3, -0.25) is 14.3 Å². The molecule has 3 rings (SSSR count). The predicted octanol–water partition coefficient (Wildman–Crippen LogP) is 0.390. The topological polar surface area (TPSA) is 72.0 Å². The van der Waals surface area contributed by atoms with E-state index in [2.05, 4.69) is 20.1 Å². The third-order valence-electron chi connectivity index (χ3n) is 4.02. The summed E-state index contributed by atoms with van der Waals surface area (Å²) in [6, 6.07) is 2.30. The minimum absolute atomic E-state index is 0.402. The van der Waals surface area contributed by atoms with Gasteiger partial charge in [0.05, 0.1) is 19.2 Å². The van der Waals surface area contributed by atoms with Crippen molar-refractivity contribution in [2.75, 3.05) is 13.1 Å². The Hall–Kier alpha value is -1.73. The standard InChI is InChI=1S/C14H22N6O/c21-14(10-19-7-3-5-16-19)9-18-6-2-1-4-13(18)8-20-12-15-11-17-20/h3,5,7,11-14,21H,1-2,4,6,8-10H2/t13-,14-/m1/s1. The Balaban J connectivity index is 1.56. The van der Waals surface area contributed by atoms with Crippen LogP contribution in [0.15, 0.2) is 31.1 Å². The van der Waals surface area contributed by atoms with Gasteiger partial charge in [-0.25, -0.2) is 4.98 Å². The van der Waals surface area contributed by atoms with Crippen LogP contribution in [0.1, 0.15) is 19.3 Å². The van der Waals surface area contributed by atoms with E-state index in [-0.39, 0.29) is 0 Å². The minimum Gasteiger partial charge on any atom is -0.390 e. The Morgan fingerprint density at radius 3 is 2.90 bits per heavy atom. The molecule has 1 saturated heterocycles. The van der Waals surface area contributed by atoms with Crippen molar-refractivity contribution in [1.29, 1.82) is 0 Å². The molecule has 1 aliphatic heterocycles. The zero-order valence-electron chi connectivity index (χ0n) is 12.1. The van der Waals surface area contributed by atoms with E-state index in [1.54, 1.807) is 23.5 Å². The van der Waals surface area contributed by atoms with Crippen LogP contribution >= 0.6 is 0 Å². The first-order valence-electron chi connectivity index (χ1n) is 7.53. The van der Waals surface area contributed by atoms with Gasteiger partial charge < -0.3 is 5.11 Å². The molecule has 114 valence electrons. The average Bonchev–Trinajstić information content (AvgIpc) is 3.14. The van der Waals surface area contributed by atoms with Crippen LogP contribution in [-0.2, 0) is 13.1 Å². The largest absolute Gasteiger partial charge is 0.390 e. The second-order valence-corrected chi connectivity index (χ2v) is 5.64. The van der Waals surface area contributed by atoms with Gasteiger partial charge in [0.15, 0.2) is 0 Å². The van der Waals surface area contributed by atoms with Crippen molar-refractivity contribution in [3.63, 3.8) is 0 Å². The van der Waals surface area contributed by atoms with Crippen molar-refractivity contribution in [2.45, 2.75) is 44.5 Å². The average molecular weight is 290 g/mol. The molecule has 0 radical (unpaired) electrons. The summed E-state index contributed by atoms with van der Waals surface area (Å²) in [5.74, 6) is 0. The third kappa shape index (κ3) is 3.89. The van der Waals surface area contributed by atoms with Crippen LogP contribution in [0.2, 0.25) is 0 Å². The third-order valence-corrected chi connectivity index (χ3v) is 4.02. The van der Waals surface area contributed by atoms with Gasteiger partial charge in [-0.1, -0.05) is 6.42 Å². The quantitative estimate of drug-likeness (QED) is 0.833. The van der Waals surface area contributed by atoms with E-state index in [4.69, 9.17) is 0 Å². The summed E-state index contributed by atoms with van der Waals surface area (Å²) in [6.45, 7) is 3.10. The molecule has 2 aromatic rings. The second kappa shape index (κ2) is 6.82. The lowest BCUT2D eigenvalue weighted by atomic mass is 10.0. The van der Waals surface area contributed by atoms with Crippen molar-refractivity contribution in [1.82, 2.24) is 29.4 Å².